The van der Waals surface area contributed by atoms with Crippen molar-refractivity contribution in [2.45, 2.75) is 37.6 Å². The highest BCUT2D eigenvalue weighted by Gasteiger charge is 2.15. The number of hydrogen-bond donors (Lipinski definition) is 0. The Morgan fingerprint density at radius 3 is 2.78 bits per heavy atom. The zero-order chi connectivity index (χ0) is 13.5. The summed E-state index contributed by atoms with van der Waals surface area (Å²) in [6.45, 7) is 4.12. The van der Waals surface area contributed by atoms with E-state index >= 15 is 0 Å². The second-order valence-corrected chi connectivity index (χ2v) is 5.28. The van der Waals surface area contributed by atoms with Crippen LogP contribution >= 0.6 is 15.9 Å². The molecular weight excluding hydrogens is 296 g/mol. The number of hydrogen-bond acceptors (Lipinski definition) is 3. The van der Waals surface area contributed by atoms with Crippen LogP contribution in [0.3, 0.4) is 0 Å². The van der Waals surface area contributed by atoms with Gasteiger partial charge in [-0.05, 0) is 37.5 Å². The van der Waals surface area contributed by atoms with Gasteiger partial charge in [0.15, 0.2) is 0 Å². The standard InChI is InChI=1S/C14H19BrO3/c1-4-10(2)18-12-7-5-6-11(8-12)9-13(15)14(16)17-3/h5-8,10,13H,4,9H2,1-3H3. The van der Waals surface area contributed by atoms with Crippen molar-refractivity contribution in [1.29, 1.82) is 0 Å². The third kappa shape index (κ3) is 4.69. The fraction of sp³-hybridized carbons (Fsp3) is 0.500. The smallest absolute Gasteiger partial charge is 0.319 e. The normalized spacial score (nSPS) is 13.8. The SMILES string of the molecule is CCC(C)Oc1cccc(CC(Br)C(=O)OC)c1. The van der Waals surface area contributed by atoms with Gasteiger partial charge >= 0.3 is 5.97 Å². The summed E-state index contributed by atoms with van der Waals surface area (Å²) in [5.41, 5.74) is 1.04. The van der Waals surface area contributed by atoms with Crippen LogP contribution in [0.5, 0.6) is 5.75 Å². The first-order chi connectivity index (χ1) is 8.56. The lowest BCUT2D eigenvalue weighted by Gasteiger charge is -2.14. The molecule has 0 aliphatic heterocycles. The first-order valence-corrected chi connectivity index (χ1v) is 6.95. The van der Waals surface area contributed by atoms with Crippen LogP contribution in [0.25, 0.3) is 0 Å². The maximum absolute atomic E-state index is 11.3. The van der Waals surface area contributed by atoms with E-state index in [-0.39, 0.29) is 16.9 Å². The quantitative estimate of drug-likeness (QED) is 0.596. The maximum Gasteiger partial charge on any atom is 0.319 e. The van der Waals surface area contributed by atoms with E-state index in [4.69, 9.17) is 4.74 Å². The molecule has 2 unspecified atom stereocenters. The number of rotatable bonds is 6. The molecule has 0 saturated heterocycles. The predicted octanol–water partition coefficient (Wildman–Crippen LogP) is 3.34. The lowest BCUT2D eigenvalue weighted by molar-refractivity contribution is -0.139. The molecule has 0 aromatic heterocycles. The van der Waals surface area contributed by atoms with Gasteiger partial charge in [-0.25, -0.2) is 0 Å². The van der Waals surface area contributed by atoms with Crippen LogP contribution in [0.15, 0.2) is 24.3 Å². The van der Waals surface area contributed by atoms with E-state index < -0.39 is 0 Å². The average molecular weight is 315 g/mol. The Hall–Kier alpha value is -1.03. The topological polar surface area (TPSA) is 35.5 Å². The van der Waals surface area contributed by atoms with Gasteiger partial charge < -0.3 is 9.47 Å². The third-order valence-electron chi connectivity index (χ3n) is 2.68. The van der Waals surface area contributed by atoms with Crippen molar-refractivity contribution in [1.82, 2.24) is 0 Å². The molecule has 0 spiro atoms. The number of carbonyl (C=O) groups is 1. The Morgan fingerprint density at radius 2 is 2.17 bits per heavy atom. The van der Waals surface area contributed by atoms with Gasteiger partial charge in [-0.2, -0.15) is 0 Å². The minimum Gasteiger partial charge on any atom is -0.491 e. The molecule has 0 saturated carbocycles. The minimum atomic E-state index is -0.318. The summed E-state index contributed by atoms with van der Waals surface area (Å²) in [5, 5.41) is 0. The lowest BCUT2D eigenvalue weighted by Crippen LogP contribution is -2.18. The number of esters is 1. The fourth-order valence-electron chi connectivity index (χ4n) is 1.48. The molecule has 1 aromatic rings. The van der Waals surface area contributed by atoms with Crippen molar-refractivity contribution in [3.05, 3.63) is 29.8 Å². The van der Waals surface area contributed by atoms with E-state index in [9.17, 15) is 4.79 Å². The summed E-state index contributed by atoms with van der Waals surface area (Å²) < 4.78 is 10.4. The molecule has 0 aliphatic rings. The van der Waals surface area contributed by atoms with Crippen LogP contribution in [-0.4, -0.2) is 24.0 Å². The van der Waals surface area contributed by atoms with Crippen molar-refractivity contribution in [3.8, 4) is 5.75 Å². The van der Waals surface area contributed by atoms with Gasteiger partial charge in [-0.1, -0.05) is 35.0 Å². The molecule has 0 fully saturated rings. The van der Waals surface area contributed by atoms with Gasteiger partial charge in [0.05, 0.1) is 13.2 Å². The predicted molar refractivity (Wildman–Crippen MR) is 75.3 cm³/mol. The molecule has 0 amide bonds. The summed E-state index contributed by atoms with van der Waals surface area (Å²) in [4.78, 5) is 11.0. The summed E-state index contributed by atoms with van der Waals surface area (Å²) in [6.07, 6.45) is 1.75. The van der Waals surface area contributed by atoms with Crippen LogP contribution in [0, 0.1) is 0 Å². The molecule has 1 aromatic carbocycles. The van der Waals surface area contributed by atoms with Crippen LogP contribution in [-0.2, 0) is 16.0 Å². The molecule has 18 heavy (non-hydrogen) atoms. The number of benzene rings is 1. The molecule has 0 N–H and O–H groups in total. The molecule has 1 rings (SSSR count). The van der Waals surface area contributed by atoms with E-state index in [2.05, 4.69) is 27.6 Å². The summed E-state index contributed by atoms with van der Waals surface area (Å²) in [5.74, 6) is 0.578. The Morgan fingerprint density at radius 1 is 1.44 bits per heavy atom. The first-order valence-electron chi connectivity index (χ1n) is 6.04. The van der Waals surface area contributed by atoms with E-state index in [0.717, 1.165) is 17.7 Å². The number of alkyl halides is 1. The highest BCUT2D eigenvalue weighted by molar-refractivity contribution is 9.10. The lowest BCUT2D eigenvalue weighted by atomic mass is 10.1. The van der Waals surface area contributed by atoms with E-state index in [1.165, 1.54) is 7.11 Å². The van der Waals surface area contributed by atoms with Crippen molar-refractivity contribution >= 4 is 21.9 Å². The molecule has 0 aliphatic carbocycles. The summed E-state index contributed by atoms with van der Waals surface area (Å²) in [7, 11) is 1.39. The van der Waals surface area contributed by atoms with Crippen molar-refractivity contribution in [3.63, 3.8) is 0 Å². The van der Waals surface area contributed by atoms with Crippen LogP contribution in [0.2, 0.25) is 0 Å². The van der Waals surface area contributed by atoms with Gasteiger partial charge in [-0.15, -0.1) is 0 Å². The molecular formula is C14H19BrO3. The van der Waals surface area contributed by atoms with Gasteiger partial charge in [0.2, 0.25) is 0 Å². The largest absolute Gasteiger partial charge is 0.491 e. The second kappa shape index (κ2) is 7.41. The minimum absolute atomic E-state index is 0.195. The number of ether oxygens (including phenoxy) is 2. The van der Waals surface area contributed by atoms with Crippen molar-refractivity contribution in [2.75, 3.05) is 7.11 Å². The molecule has 2 atom stereocenters. The van der Waals surface area contributed by atoms with Crippen LogP contribution in [0.1, 0.15) is 25.8 Å². The second-order valence-electron chi connectivity index (χ2n) is 4.18. The van der Waals surface area contributed by atoms with E-state index in [0.29, 0.717) is 6.42 Å². The van der Waals surface area contributed by atoms with Gasteiger partial charge in [0, 0.05) is 0 Å². The molecule has 0 radical (unpaired) electrons. The molecule has 0 heterocycles. The van der Waals surface area contributed by atoms with Gasteiger partial charge in [0.1, 0.15) is 10.6 Å². The van der Waals surface area contributed by atoms with E-state index in [1.807, 2.05) is 31.2 Å². The Kier molecular flexibility index (Phi) is 6.19. The maximum atomic E-state index is 11.3. The number of methoxy groups -OCH3 is 1. The first kappa shape index (κ1) is 15.0. The van der Waals surface area contributed by atoms with Crippen molar-refractivity contribution < 1.29 is 14.3 Å². The fourth-order valence-corrected chi connectivity index (χ4v) is 2.04. The summed E-state index contributed by atoms with van der Waals surface area (Å²) in [6, 6.07) is 7.80. The zero-order valence-electron chi connectivity index (χ0n) is 11.0. The molecule has 100 valence electrons. The number of carbonyl (C=O) groups excluding carboxylic acids is 1. The van der Waals surface area contributed by atoms with E-state index in [1.54, 1.807) is 0 Å². The van der Waals surface area contributed by atoms with Crippen molar-refractivity contribution in [2.24, 2.45) is 0 Å². The Bertz CT molecular complexity index is 392. The Labute approximate surface area is 117 Å². The average Bonchev–Trinajstić information content (AvgIpc) is 2.37. The van der Waals surface area contributed by atoms with Gasteiger partial charge in [0.25, 0.3) is 0 Å². The monoisotopic (exact) mass is 314 g/mol. The Balaban J connectivity index is 2.67. The number of halogens is 1. The van der Waals surface area contributed by atoms with Crippen LogP contribution < -0.4 is 4.74 Å². The summed E-state index contributed by atoms with van der Waals surface area (Å²) >= 11 is 3.31. The molecule has 0 bridgehead atoms. The zero-order valence-corrected chi connectivity index (χ0v) is 12.6. The highest BCUT2D eigenvalue weighted by Crippen LogP contribution is 2.19. The third-order valence-corrected chi connectivity index (χ3v) is 3.38. The highest BCUT2D eigenvalue weighted by atomic mass is 79.9. The molecule has 4 heteroatoms. The molecule has 3 nitrogen and oxygen atoms in total. The van der Waals surface area contributed by atoms with Gasteiger partial charge in [-0.3, -0.25) is 4.79 Å². The van der Waals surface area contributed by atoms with Crippen LogP contribution in [0.4, 0.5) is 0 Å².